The number of aromatic carboxylic acids is 1. The van der Waals surface area contributed by atoms with E-state index >= 15 is 0 Å². The van der Waals surface area contributed by atoms with Crippen LogP contribution in [-0.4, -0.2) is 29.4 Å². The van der Waals surface area contributed by atoms with E-state index in [9.17, 15) is 9.90 Å². The molecule has 1 rings (SSSR count). The maximum atomic E-state index is 10.5. The lowest BCUT2D eigenvalue weighted by Crippen LogP contribution is -2.06. The summed E-state index contributed by atoms with van der Waals surface area (Å²) in [5.41, 5.74) is 0. The van der Waals surface area contributed by atoms with Crippen LogP contribution in [0.4, 0.5) is 0 Å². The van der Waals surface area contributed by atoms with E-state index in [4.69, 9.17) is 14.3 Å². The third-order valence-corrected chi connectivity index (χ3v) is 1.79. The number of aliphatic hydroxyl groups excluding tert-OH is 1. The van der Waals surface area contributed by atoms with Crippen molar-refractivity contribution in [2.75, 3.05) is 13.2 Å². The normalized spacial score (nSPS) is 12.7. The highest BCUT2D eigenvalue weighted by Gasteiger charge is 2.15. The van der Waals surface area contributed by atoms with Crippen LogP contribution >= 0.6 is 0 Å². The van der Waals surface area contributed by atoms with Crippen molar-refractivity contribution in [3.8, 4) is 0 Å². The summed E-state index contributed by atoms with van der Waals surface area (Å²) >= 11 is 0. The first-order valence-corrected chi connectivity index (χ1v) is 4.74. The Labute approximate surface area is 87.3 Å². The lowest BCUT2D eigenvalue weighted by Gasteiger charge is -2.07. The lowest BCUT2D eigenvalue weighted by atomic mass is 10.3. The second-order valence-corrected chi connectivity index (χ2v) is 3.10. The molecule has 0 aliphatic carbocycles. The fraction of sp³-hybridized carbons (Fsp3) is 0.500. The van der Waals surface area contributed by atoms with Crippen LogP contribution in [0, 0.1) is 0 Å². The third kappa shape index (κ3) is 3.38. The highest BCUT2D eigenvalue weighted by atomic mass is 16.5. The smallest absolute Gasteiger partial charge is 0.371 e. The fourth-order valence-corrected chi connectivity index (χ4v) is 1.07. The van der Waals surface area contributed by atoms with Crippen molar-refractivity contribution in [1.29, 1.82) is 0 Å². The largest absolute Gasteiger partial charge is 0.475 e. The van der Waals surface area contributed by atoms with E-state index in [0.29, 0.717) is 6.61 Å². The number of carbonyl (C=O) groups is 1. The number of furan rings is 1. The molecule has 0 radical (unpaired) electrons. The number of carboxylic acids is 1. The molecule has 0 aliphatic heterocycles. The maximum absolute atomic E-state index is 10.5. The predicted molar refractivity (Wildman–Crippen MR) is 51.7 cm³/mol. The van der Waals surface area contributed by atoms with Gasteiger partial charge in [0.15, 0.2) is 0 Å². The lowest BCUT2D eigenvalue weighted by molar-refractivity contribution is 0.0241. The summed E-state index contributed by atoms with van der Waals surface area (Å²) in [5.74, 6) is -1.12. The monoisotopic (exact) mass is 214 g/mol. The predicted octanol–water partition coefficient (Wildman–Crippen LogP) is 1.44. The Bertz CT molecular complexity index is 317. The highest BCUT2D eigenvalue weighted by molar-refractivity contribution is 5.84. The van der Waals surface area contributed by atoms with Gasteiger partial charge in [0.25, 0.3) is 0 Å². The van der Waals surface area contributed by atoms with Gasteiger partial charge >= 0.3 is 5.97 Å². The van der Waals surface area contributed by atoms with Crippen LogP contribution in [0.2, 0.25) is 0 Å². The molecule has 1 aromatic heterocycles. The molecule has 0 fully saturated rings. The van der Waals surface area contributed by atoms with Crippen LogP contribution in [0.5, 0.6) is 0 Å². The minimum absolute atomic E-state index is 0.112. The Morgan fingerprint density at radius 3 is 2.87 bits per heavy atom. The quantitative estimate of drug-likeness (QED) is 0.700. The summed E-state index contributed by atoms with van der Waals surface area (Å²) in [6.45, 7) is 2.63. The van der Waals surface area contributed by atoms with E-state index in [1.807, 2.05) is 6.92 Å². The number of ether oxygens (including phenoxy) is 1. The van der Waals surface area contributed by atoms with Crippen LogP contribution in [0.15, 0.2) is 16.5 Å². The Morgan fingerprint density at radius 1 is 1.60 bits per heavy atom. The van der Waals surface area contributed by atoms with Gasteiger partial charge in [0.1, 0.15) is 11.9 Å². The molecular formula is C10H14O5. The average molecular weight is 214 g/mol. The minimum Gasteiger partial charge on any atom is -0.475 e. The molecular weight excluding hydrogens is 200 g/mol. The molecule has 1 aromatic rings. The van der Waals surface area contributed by atoms with Crippen molar-refractivity contribution in [2.24, 2.45) is 0 Å². The molecule has 0 spiro atoms. The molecule has 1 heterocycles. The zero-order valence-corrected chi connectivity index (χ0v) is 8.47. The number of rotatable bonds is 6. The van der Waals surface area contributed by atoms with Gasteiger partial charge in [0.05, 0.1) is 6.61 Å². The molecule has 5 heteroatoms. The van der Waals surface area contributed by atoms with Crippen LogP contribution < -0.4 is 0 Å². The van der Waals surface area contributed by atoms with E-state index in [1.165, 1.54) is 12.1 Å². The first-order chi connectivity index (χ1) is 7.15. The van der Waals surface area contributed by atoms with Crippen molar-refractivity contribution in [3.05, 3.63) is 23.7 Å². The molecule has 0 amide bonds. The van der Waals surface area contributed by atoms with E-state index in [0.717, 1.165) is 6.42 Å². The third-order valence-electron chi connectivity index (χ3n) is 1.79. The Morgan fingerprint density at radius 2 is 2.33 bits per heavy atom. The zero-order valence-electron chi connectivity index (χ0n) is 8.47. The van der Waals surface area contributed by atoms with Crippen molar-refractivity contribution >= 4 is 5.97 Å². The van der Waals surface area contributed by atoms with Crippen LogP contribution in [0.25, 0.3) is 0 Å². The summed E-state index contributed by atoms with van der Waals surface area (Å²) in [4.78, 5) is 10.5. The van der Waals surface area contributed by atoms with Crippen molar-refractivity contribution < 1.29 is 24.2 Å². The Balaban J connectivity index is 2.50. The van der Waals surface area contributed by atoms with Gasteiger partial charge < -0.3 is 19.4 Å². The summed E-state index contributed by atoms with van der Waals surface area (Å²) in [6.07, 6.45) is -0.0460. The van der Waals surface area contributed by atoms with E-state index in [2.05, 4.69) is 0 Å². The second kappa shape index (κ2) is 5.53. The second-order valence-electron chi connectivity index (χ2n) is 3.10. The van der Waals surface area contributed by atoms with Gasteiger partial charge in [-0.05, 0) is 18.6 Å². The van der Waals surface area contributed by atoms with Gasteiger partial charge in [-0.25, -0.2) is 4.79 Å². The van der Waals surface area contributed by atoms with Crippen molar-refractivity contribution in [1.82, 2.24) is 0 Å². The van der Waals surface area contributed by atoms with Crippen molar-refractivity contribution in [3.63, 3.8) is 0 Å². The number of hydrogen-bond donors (Lipinski definition) is 2. The van der Waals surface area contributed by atoms with Gasteiger partial charge in [0, 0.05) is 6.61 Å². The van der Waals surface area contributed by atoms with Gasteiger partial charge in [-0.15, -0.1) is 0 Å². The molecule has 1 unspecified atom stereocenters. The molecule has 15 heavy (non-hydrogen) atoms. The average Bonchev–Trinajstić information content (AvgIpc) is 2.66. The molecule has 0 saturated carbocycles. The molecule has 0 bridgehead atoms. The van der Waals surface area contributed by atoms with Crippen LogP contribution in [0.3, 0.4) is 0 Å². The summed E-state index contributed by atoms with van der Waals surface area (Å²) < 4.78 is 10.0. The Kier molecular flexibility index (Phi) is 4.33. The molecule has 0 saturated heterocycles. The maximum Gasteiger partial charge on any atom is 0.371 e. The highest BCUT2D eigenvalue weighted by Crippen LogP contribution is 2.16. The first kappa shape index (κ1) is 11.7. The van der Waals surface area contributed by atoms with Gasteiger partial charge in [-0.3, -0.25) is 0 Å². The first-order valence-electron chi connectivity index (χ1n) is 4.74. The molecule has 5 nitrogen and oxygen atoms in total. The molecule has 84 valence electrons. The summed E-state index contributed by atoms with van der Waals surface area (Å²) in [7, 11) is 0. The van der Waals surface area contributed by atoms with Gasteiger partial charge in [0.2, 0.25) is 5.76 Å². The van der Waals surface area contributed by atoms with E-state index in [1.54, 1.807) is 0 Å². The topological polar surface area (TPSA) is 79.9 Å². The number of aliphatic hydroxyl groups is 1. The summed E-state index contributed by atoms with van der Waals surface area (Å²) in [6, 6.07) is 2.74. The standard InChI is InChI=1S/C10H14O5/c1-2-5-14-6-7(11)8-3-4-9(15-8)10(12)13/h3-4,7,11H,2,5-6H2,1H3,(H,12,13). The minimum atomic E-state index is -1.15. The summed E-state index contributed by atoms with van der Waals surface area (Å²) in [5, 5.41) is 18.1. The van der Waals surface area contributed by atoms with E-state index in [-0.39, 0.29) is 18.1 Å². The molecule has 2 N–H and O–H groups in total. The SMILES string of the molecule is CCCOCC(O)c1ccc(C(=O)O)o1. The van der Waals surface area contributed by atoms with Gasteiger partial charge in [-0.1, -0.05) is 6.92 Å². The number of hydrogen-bond acceptors (Lipinski definition) is 4. The van der Waals surface area contributed by atoms with Gasteiger partial charge in [-0.2, -0.15) is 0 Å². The van der Waals surface area contributed by atoms with Crippen molar-refractivity contribution in [2.45, 2.75) is 19.4 Å². The molecule has 0 aromatic carbocycles. The molecule has 0 aliphatic rings. The molecule has 1 atom stereocenters. The van der Waals surface area contributed by atoms with Crippen LogP contribution in [0.1, 0.15) is 35.8 Å². The van der Waals surface area contributed by atoms with Crippen LogP contribution in [-0.2, 0) is 4.74 Å². The number of carboxylic acid groups (broad SMARTS) is 1. The fourth-order valence-electron chi connectivity index (χ4n) is 1.07. The zero-order chi connectivity index (χ0) is 11.3. The van der Waals surface area contributed by atoms with E-state index < -0.39 is 12.1 Å². The Hall–Kier alpha value is -1.33.